The van der Waals surface area contributed by atoms with Crippen molar-refractivity contribution in [1.29, 1.82) is 0 Å². The molecule has 1 aliphatic rings. The zero-order valence-corrected chi connectivity index (χ0v) is 14.2. The summed E-state index contributed by atoms with van der Waals surface area (Å²) >= 11 is 7.25. The minimum atomic E-state index is -3.49. The second kappa shape index (κ2) is 6.75. The van der Waals surface area contributed by atoms with Crippen molar-refractivity contribution in [2.75, 3.05) is 20.2 Å². The van der Waals surface area contributed by atoms with Gasteiger partial charge in [-0.3, -0.25) is 0 Å². The lowest BCUT2D eigenvalue weighted by Crippen LogP contribution is -2.37. The Morgan fingerprint density at radius 2 is 2.25 bits per heavy atom. The maximum absolute atomic E-state index is 12.7. The molecule has 0 spiro atoms. The lowest BCUT2D eigenvalue weighted by molar-refractivity contribution is 0.00858. The van der Waals surface area contributed by atoms with Crippen LogP contribution in [0.15, 0.2) is 10.3 Å². The van der Waals surface area contributed by atoms with Crippen molar-refractivity contribution in [3.8, 4) is 0 Å². The first-order valence-electron chi connectivity index (χ1n) is 6.67. The van der Waals surface area contributed by atoms with Crippen LogP contribution in [0.25, 0.3) is 0 Å². The van der Waals surface area contributed by atoms with Gasteiger partial charge in [0, 0.05) is 25.1 Å². The van der Waals surface area contributed by atoms with Crippen LogP contribution in [0.4, 0.5) is 0 Å². The van der Waals surface area contributed by atoms with Crippen molar-refractivity contribution in [2.45, 2.75) is 43.1 Å². The number of rotatable bonds is 5. The predicted molar refractivity (Wildman–Crippen MR) is 82.0 cm³/mol. The number of hydrogen-bond acceptors (Lipinski definition) is 4. The van der Waals surface area contributed by atoms with Crippen LogP contribution in [0.2, 0.25) is 0 Å². The summed E-state index contributed by atoms with van der Waals surface area (Å²) in [4.78, 5) is 1.08. The van der Waals surface area contributed by atoms with Crippen molar-refractivity contribution < 1.29 is 13.2 Å². The quantitative estimate of drug-likeness (QED) is 0.776. The van der Waals surface area contributed by atoms with Gasteiger partial charge in [-0.15, -0.1) is 22.9 Å². The summed E-state index contributed by atoms with van der Waals surface area (Å²) in [6.07, 6.45) is 3.09. The molecule has 7 heteroatoms. The van der Waals surface area contributed by atoms with Crippen LogP contribution < -0.4 is 0 Å². The molecule has 2 heterocycles. The van der Waals surface area contributed by atoms with Crippen LogP contribution in [0.3, 0.4) is 0 Å². The molecule has 1 atom stereocenters. The van der Waals surface area contributed by atoms with Crippen LogP contribution in [0, 0.1) is 6.92 Å². The number of halogens is 1. The van der Waals surface area contributed by atoms with Crippen LogP contribution >= 0.6 is 22.9 Å². The Hall–Kier alpha value is -0.140. The molecule has 0 amide bonds. The fourth-order valence-electron chi connectivity index (χ4n) is 2.42. The van der Waals surface area contributed by atoms with Crippen molar-refractivity contribution >= 4 is 33.0 Å². The van der Waals surface area contributed by atoms with E-state index < -0.39 is 10.0 Å². The van der Waals surface area contributed by atoms with E-state index in [4.69, 9.17) is 16.3 Å². The molecule has 1 saturated heterocycles. The van der Waals surface area contributed by atoms with Crippen molar-refractivity contribution in [2.24, 2.45) is 0 Å². The van der Waals surface area contributed by atoms with Gasteiger partial charge in [0.05, 0.1) is 12.0 Å². The minimum absolute atomic E-state index is 0.00178. The van der Waals surface area contributed by atoms with Gasteiger partial charge in [-0.25, -0.2) is 8.42 Å². The number of nitrogens with zero attached hydrogens (tertiary/aromatic N) is 1. The summed E-state index contributed by atoms with van der Waals surface area (Å²) in [7, 11) is -1.88. The smallest absolute Gasteiger partial charge is 0.244 e. The average Bonchev–Trinajstić information content (AvgIpc) is 2.81. The van der Waals surface area contributed by atoms with Gasteiger partial charge in [0.1, 0.15) is 4.90 Å². The average molecular weight is 338 g/mol. The lowest BCUT2D eigenvalue weighted by Gasteiger charge is -2.27. The topological polar surface area (TPSA) is 46.6 Å². The molecule has 1 aromatic heterocycles. The van der Waals surface area contributed by atoms with Gasteiger partial charge in [-0.1, -0.05) is 0 Å². The Balaban J connectivity index is 2.18. The van der Waals surface area contributed by atoms with Crippen molar-refractivity contribution in [3.63, 3.8) is 0 Å². The summed E-state index contributed by atoms with van der Waals surface area (Å²) < 4.78 is 32.4. The van der Waals surface area contributed by atoms with E-state index in [9.17, 15) is 8.42 Å². The van der Waals surface area contributed by atoms with E-state index in [2.05, 4.69) is 0 Å². The van der Waals surface area contributed by atoms with Gasteiger partial charge >= 0.3 is 0 Å². The molecule has 0 N–H and O–H groups in total. The fraction of sp³-hybridized carbons (Fsp3) is 0.692. The Bertz CT molecular complexity index is 550. The van der Waals surface area contributed by atoms with Gasteiger partial charge < -0.3 is 4.74 Å². The third-order valence-corrected chi connectivity index (χ3v) is 7.23. The van der Waals surface area contributed by atoms with E-state index >= 15 is 0 Å². The maximum Gasteiger partial charge on any atom is 0.244 e. The molecule has 4 nitrogen and oxygen atoms in total. The van der Waals surface area contributed by atoms with E-state index in [1.807, 2.05) is 12.3 Å². The summed E-state index contributed by atoms with van der Waals surface area (Å²) in [6.45, 7) is 2.94. The fourth-order valence-corrected chi connectivity index (χ4v) is 5.62. The highest BCUT2D eigenvalue weighted by Gasteiger charge is 2.29. The Morgan fingerprint density at radius 3 is 2.85 bits per heavy atom. The number of sulfonamides is 1. The molecule has 0 radical (unpaired) electrons. The number of ether oxygens (including phenoxy) is 1. The van der Waals surface area contributed by atoms with Gasteiger partial charge in [0.15, 0.2) is 0 Å². The number of hydrogen-bond donors (Lipinski definition) is 0. The third kappa shape index (κ3) is 3.36. The van der Waals surface area contributed by atoms with Crippen molar-refractivity contribution in [1.82, 2.24) is 4.31 Å². The highest BCUT2D eigenvalue weighted by atomic mass is 35.5. The molecule has 0 aliphatic carbocycles. The molecule has 1 aliphatic heterocycles. The van der Waals surface area contributed by atoms with Crippen LogP contribution in [0.1, 0.15) is 29.7 Å². The zero-order valence-electron chi connectivity index (χ0n) is 11.8. The Labute approximate surface area is 129 Å². The first kappa shape index (κ1) is 16.2. The normalized spacial score (nSPS) is 20.5. The maximum atomic E-state index is 12.7. The number of thiophene rings is 1. The van der Waals surface area contributed by atoms with E-state index in [1.54, 1.807) is 7.05 Å². The van der Waals surface area contributed by atoms with E-state index in [0.29, 0.717) is 16.3 Å². The second-order valence-corrected chi connectivity index (χ2v) is 8.29. The van der Waals surface area contributed by atoms with E-state index in [1.165, 1.54) is 15.6 Å². The third-order valence-electron chi connectivity index (χ3n) is 3.51. The van der Waals surface area contributed by atoms with Gasteiger partial charge in [-0.05, 0) is 37.1 Å². The summed E-state index contributed by atoms with van der Waals surface area (Å²) in [5, 5.41) is 1.84. The molecule has 0 aromatic carbocycles. The van der Waals surface area contributed by atoms with Crippen LogP contribution in [-0.4, -0.2) is 39.0 Å². The molecule has 1 aromatic rings. The molecule has 1 unspecified atom stereocenters. The van der Waals surface area contributed by atoms with Crippen LogP contribution in [-0.2, 0) is 20.6 Å². The summed E-state index contributed by atoms with van der Waals surface area (Å²) in [5.41, 5.74) is 0.766. The predicted octanol–water partition coefficient (Wildman–Crippen LogP) is 2.98. The standard InChI is InChI=1S/C13H20ClNO3S2/c1-10-9-19-12(7-14)13(10)20(16,17)15(2)8-11-5-3-4-6-18-11/h9,11H,3-8H2,1-2H3. The summed E-state index contributed by atoms with van der Waals surface area (Å²) in [5.74, 6) is 0.223. The Morgan fingerprint density at radius 1 is 1.50 bits per heavy atom. The van der Waals surface area contributed by atoms with Gasteiger partial charge in [-0.2, -0.15) is 4.31 Å². The summed E-state index contributed by atoms with van der Waals surface area (Å²) in [6, 6.07) is 0. The highest BCUT2D eigenvalue weighted by molar-refractivity contribution is 7.89. The van der Waals surface area contributed by atoms with E-state index in [0.717, 1.165) is 31.4 Å². The number of alkyl halides is 1. The Kier molecular flexibility index (Phi) is 5.48. The van der Waals surface area contributed by atoms with Crippen molar-refractivity contribution in [3.05, 3.63) is 15.8 Å². The molecule has 0 saturated carbocycles. The minimum Gasteiger partial charge on any atom is -0.377 e. The molecule has 2 rings (SSSR count). The first-order valence-corrected chi connectivity index (χ1v) is 9.53. The zero-order chi connectivity index (χ0) is 14.8. The second-order valence-electron chi connectivity index (χ2n) is 5.08. The number of aryl methyl sites for hydroxylation is 1. The SMILES string of the molecule is Cc1csc(CCl)c1S(=O)(=O)N(C)CC1CCCCO1. The van der Waals surface area contributed by atoms with Gasteiger partial charge in [0.25, 0.3) is 0 Å². The number of likely N-dealkylation sites (N-methyl/N-ethyl adjacent to an activating group) is 1. The first-order chi connectivity index (χ1) is 9.46. The molecule has 0 bridgehead atoms. The van der Waals surface area contributed by atoms with Crippen LogP contribution in [0.5, 0.6) is 0 Å². The van der Waals surface area contributed by atoms with Gasteiger partial charge in [0.2, 0.25) is 10.0 Å². The molecule has 114 valence electrons. The molecule has 20 heavy (non-hydrogen) atoms. The molecular weight excluding hydrogens is 318 g/mol. The molecular formula is C13H20ClNO3S2. The largest absolute Gasteiger partial charge is 0.377 e. The van der Waals surface area contributed by atoms with E-state index in [-0.39, 0.29) is 12.0 Å². The molecule has 1 fully saturated rings. The monoisotopic (exact) mass is 337 g/mol. The lowest BCUT2D eigenvalue weighted by atomic mass is 10.1. The highest BCUT2D eigenvalue weighted by Crippen LogP contribution is 2.30.